The Morgan fingerprint density at radius 2 is 1.50 bits per heavy atom. The zero-order valence-electron chi connectivity index (χ0n) is 19.2. The number of carbonyl (C=O) groups is 5. The monoisotopic (exact) mass is 468 g/mol. The van der Waals surface area contributed by atoms with Crippen molar-refractivity contribution >= 4 is 40.9 Å². The van der Waals surface area contributed by atoms with Gasteiger partial charge in [0.15, 0.2) is 12.4 Å². The number of benzene rings is 2. The number of amides is 2. The van der Waals surface area contributed by atoms with Gasteiger partial charge in [-0.2, -0.15) is 0 Å². The normalized spacial score (nSPS) is 10.2. The molecule has 0 saturated heterocycles. The minimum atomic E-state index is -0.701. The van der Waals surface area contributed by atoms with E-state index in [0.29, 0.717) is 29.1 Å². The molecule has 2 N–H and O–H groups in total. The van der Waals surface area contributed by atoms with Crippen molar-refractivity contribution in [3.05, 3.63) is 59.7 Å². The third-order valence-electron chi connectivity index (χ3n) is 4.61. The SMILES string of the molecule is CCCCOC(=O)c1ccc(NC(=O)CCC(=O)OCC(=O)Nc2cccc(C(C)=O)c2)cc1. The molecule has 0 aromatic heterocycles. The summed E-state index contributed by atoms with van der Waals surface area (Å²) in [5.41, 5.74) is 1.70. The van der Waals surface area contributed by atoms with Crippen LogP contribution in [-0.2, 0) is 23.9 Å². The number of nitrogens with one attached hydrogen (secondary N) is 2. The van der Waals surface area contributed by atoms with Crippen LogP contribution in [-0.4, -0.2) is 42.7 Å². The fourth-order valence-electron chi connectivity index (χ4n) is 2.75. The Kier molecular flexibility index (Phi) is 10.4. The summed E-state index contributed by atoms with van der Waals surface area (Å²) in [6, 6.07) is 12.6. The number of rotatable bonds is 12. The predicted molar refractivity (Wildman–Crippen MR) is 126 cm³/mol. The Morgan fingerprint density at radius 3 is 2.18 bits per heavy atom. The summed E-state index contributed by atoms with van der Waals surface area (Å²) in [6.45, 7) is 3.26. The van der Waals surface area contributed by atoms with E-state index in [4.69, 9.17) is 9.47 Å². The lowest BCUT2D eigenvalue weighted by molar-refractivity contribution is -0.147. The fourth-order valence-corrected chi connectivity index (χ4v) is 2.75. The van der Waals surface area contributed by atoms with Crippen LogP contribution in [0.15, 0.2) is 48.5 Å². The van der Waals surface area contributed by atoms with Gasteiger partial charge in [0.25, 0.3) is 5.91 Å². The maximum Gasteiger partial charge on any atom is 0.338 e. The molecule has 180 valence electrons. The third-order valence-corrected chi connectivity index (χ3v) is 4.61. The average Bonchev–Trinajstić information content (AvgIpc) is 2.82. The van der Waals surface area contributed by atoms with Gasteiger partial charge in [0.05, 0.1) is 18.6 Å². The molecule has 0 unspecified atom stereocenters. The summed E-state index contributed by atoms with van der Waals surface area (Å²) in [6.07, 6.45) is 1.38. The molecule has 9 nitrogen and oxygen atoms in total. The molecule has 0 fully saturated rings. The molecule has 0 radical (unpaired) electrons. The van der Waals surface area contributed by atoms with Gasteiger partial charge in [-0.1, -0.05) is 25.5 Å². The van der Waals surface area contributed by atoms with Gasteiger partial charge in [0.1, 0.15) is 0 Å². The average molecular weight is 469 g/mol. The number of Topliss-reactive ketones (excluding diaryl/α,β-unsaturated/α-hetero) is 1. The standard InChI is InChI=1S/C25H28N2O7/c1-3-4-14-33-25(32)18-8-10-20(11-9-18)26-22(29)12-13-24(31)34-16-23(30)27-21-7-5-6-19(15-21)17(2)28/h5-11,15H,3-4,12-14,16H2,1-2H3,(H,26,29)(H,27,30). The molecule has 0 heterocycles. The van der Waals surface area contributed by atoms with Crippen molar-refractivity contribution in [2.75, 3.05) is 23.8 Å². The van der Waals surface area contributed by atoms with Crippen molar-refractivity contribution in [3.63, 3.8) is 0 Å². The van der Waals surface area contributed by atoms with Gasteiger partial charge in [-0.25, -0.2) is 4.79 Å². The van der Waals surface area contributed by atoms with E-state index in [0.717, 1.165) is 12.8 Å². The zero-order valence-corrected chi connectivity index (χ0v) is 19.2. The van der Waals surface area contributed by atoms with Crippen LogP contribution in [0.4, 0.5) is 11.4 Å². The third kappa shape index (κ3) is 9.23. The number of hydrogen-bond acceptors (Lipinski definition) is 7. The van der Waals surface area contributed by atoms with Gasteiger partial charge in [-0.3, -0.25) is 19.2 Å². The minimum Gasteiger partial charge on any atom is -0.462 e. The molecule has 0 atom stereocenters. The summed E-state index contributed by atoms with van der Waals surface area (Å²) in [4.78, 5) is 59.1. The highest BCUT2D eigenvalue weighted by Crippen LogP contribution is 2.13. The zero-order chi connectivity index (χ0) is 24.9. The summed E-state index contributed by atoms with van der Waals surface area (Å²) >= 11 is 0. The first-order valence-corrected chi connectivity index (χ1v) is 10.9. The van der Waals surface area contributed by atoms with Crippen molar-refractivity contribution in [2.45, 2.75) is 39.5 Å². The van der Waals surface area contributed by atoms with Crippen molar-refractivity contribution in [2.24, 2.45) is 0 Å². The maximum atomic E-state index is 12.1. The number of hydrogen-bond donors (Lipinski definition) is 2. The molecular weight excluding hydrogens is 440 g/mol. The van der Waals surface area contributed by atoms with Crippen LogP contribution in [0.2, 0.25) is 0 Å². The van der Waals surface area contributed by atoms with E-state index in [1.54, 1.807) is 42.5 Å². The summed E-state index contributed by atoms with van der Waals surface area (Å²) < 4.78 is 10.0. The number of ether oxygens (including phenoxy) is 2. The molecule has 2 amide bonds. The van der Waals surface area contributed by atoms with Crippen LogP contribution < -0.4 is 10.6 Å². The van der Waals surface area contributed by atoms with Crippen LogP contribution in [0.3, 0.4) is 0 Å². The van der Waals surface area contributed by atoms with E-state index >= 15 is 0 Å². The molecule has 0 bridgehead atoms. The van der Waals surface area contributed by atoms with Crippen LogP contribution in [0, 0.1) is 0 Å². The quantitative estimate of drug-likeness (QED) is 0.276. The van der Waals surface area contributed by atoms with E-state index < -0.39 is 30.4 Å². The molecular formula is C25H28N2O7. The lowest BCUT2D eigenvalue weighted by Gasteiger charge is -2.08. The Labute approximate surface area is 197 Å². The van der Waals surface area contributed by atoms with Crippen LogP contribution in [0.25, 0.3) is 0 Å². The summed E-state index contributed by atoms with van der Waals surface area (Å²) in [5.74, 6) is -2.24. The van der Waals surface area contributed by atoms with Gasteiger partial charge in [0.2, 0.25) is 5.91 Å². The number of esters is 2. The second-order valence-corrected chi connectivity index (χ2v) is 7.46. The molecule has 2 aromatic carbocycles. The number of carbonyl (C=O) groups excluding carboxylic acids is 5. The topological polar surface area (TPSA) is 128 Å². The molecule has 0 spiro atoms. The van der Waals surface area contributed by atoms with Crippen LogP contribution in [0.1, 0.15) is 60.2 Å². The largest absolute Gasteiger partial charge is 0.462 e. The molecule has 2 aromatic rings. The molecule has 0 aliphatic carbocycles. The first-order chi connectivity index (χ1) is 16.3. The highest BCUT2D eigenvalue weighted by Gasteiger charge is 2.12. The number of ketones is 1. The smallest absolute Gasteiger partial charge is 0.338 e. The molecule has 2 rings (SSSR count). The Bertz CT molecular complexity index is 1030. The van der Waals surface area contributed by atoms with E-state index in [1.807, 2.05) is 6.92 Å². The molecule has 0 saturated carbocycles. The second kappa shape index (κ2) is 13.5. The van der Waals surface area contributed by atoms with E-state index in [9.17, 15) is 24.0 Å². The van der Waals surface area contributed by atoms with E-state index in [-0.39, 0.29) is 18.6 Å². The van der Waals surface area contributed by atoms with Crippen molar-refractivity contribution in [1.29, 1.82) is 0 Å². The second-order valence-electron chi connectivity index (χ2n) is 7.46. The minimum absolute atomic E-state index is 0.137. The van der Waals surface area contributed by atoms with Gasteiger partial charge < -0.3 is 20.1 Å². The number of anilines is 2. The summed E-state index contributed by atoms with van der Waals surface area (Å²) in [5, 5.41) is 5.16. The highest BCUT2D eigenvalue weighted by atomic mass is 16.5. The highest BCUT2D eigenvalue weighted by molar-refractivity contribution is 5.98. The van der Waals surface area contributed by atoms with Crippen molar-refractivity contribution in [3.8, 4) is 0 Å². The Morgan fingerprint density at radius 1 is 0.794 bits per heavy atom. The van der Waals surface area contributed by atoms with Crippen molar-refractivity contribution in [1.82, 2.24) is 0 Å². The van der Waals surface area contributed by atoms with E-state index in [1.165, 1.54) is 13.0 Å². The van der Waals surface area contributed by atoms with Gasteiger partial charge in [0, 0.05) is 23.4 Å². The van der Waals surface area contributed by atoms with Gasteiger partial charge in [-0.05, 0) is 49.7 Å². The Balaban J connectivity index is 1.70. The van der Waals surface area contributed by atoms with Crippen molar-refractivity contribution < 1.29 is 33.4 Å². The predicted octanol–water partition coefficient (Wildman–Crippen LogP) is 3.75. The first kappa shape index (κ1) is 26.2. The molecule has 9 heteroatoms. The van der Waals surface area contributed by atoms with E-state index in [2.05, 4.69) is 10.6 Å². The van der Waals surface area contributed by atoms with Crippen LogP contribution >= 0.6 is 0 Å². The Hall–Kier alpha value is -4.01. The van der Waals surface area contributed by atoms with Gasteiger partial charge in [-0.15, -0.1) is 0 Å². The maximum absolute atomic E-state index is 12.1. The molecule has 0 aliphatic heterocycles. The molecule has 34 heavy (non-hydrogen) atoms. The van der Waals surface area contributed by atoms with Crippen LogP contribution in [0.5, 0.6) is 0 Å². The summed E-state index contributed by atoms with van der Waals surface area (Å²) in [7, 11) is 0. The lowest BCUT2D eigenvalue weighted by atomic mass is 10.1. The number of unbranched alkanes of at least 4 members (excludes halogenated alkanes) is 1. The van der Waals surface area contributed by atoms with Gasteiger partial charge >= 0.3 is 11.9 Å². The lowest BCUT2D eigenvalue weighted by Crippen LogP contribution is -2.22. The molecule has 0 aliphatic rings. The first-order valence-electron chi connectivity index (χ1n) is 10.9. The fraction of sp³-hybridized carbons (Fsp3) is 0.320.